The van der Waals surface area contributed by atoms with Gasteiger partial charge in [-0.3, -0.25) is 9.59 Å². The quantitative estimate of drug-likeness (QED) is 0.579. The Morgan fingerprint density at radius 2 is 1.94 bits per heavy atom. The molecule has 2 atom stereocenters. The summed E-state index contributed by atoms with van der Waals surface area (Å²) in [6, 6.07) is 1.85. The van der Waals surface area contributed by atoms with E-state index in [0.29, 0.717) is 11.8 Å². The Bertz CT molecular complexity index is 347. The number of carbonyl (C=O) groups is 2. The normalized spacial score (nSPS) is 23.2. The van der Waals surface area contributed by atoms with E-state index < -0.39 is 11.8 Å². The number of rotatable bonds is 3. The number of nitrogens with one attached hydrogen (secondary N) is 2. The molecule has 18 heavy (non-hydrogen) atoms. The summed E-state index contributed by atoms with van der Waals surface area (Å²) in [6.07, 6.45) is 4.31. The highest BCUT2D eigenvalue weighted by atomic mass is 16.2. The predicted octanol–water partition coefficient (Wildman–Crippen LogP) is 0.957. The van der Waals surface area contributed by atoms with Crippen molar-refractivity contribution in [2.45, 2.75) is 45.6 Å². The lowest BCUT2D eigenvalue weighted by atomic mass is 9.78. The molecular formula is C13H21N3O2. The molecule has 0 aromatic rings. The van der Waals surface area contributed by atoms with Crippen LogP contribution in [-0.2, 0) is 9.59 Å². The molecule has 1 saturated carbocycles. The molecule has 0 spiro atoms. The molecule has 0 radical (unpaired) electrons. The molecule has 1 aliphatic rings. The molecule has 2 N–H and O–H groups in total. The van der Waals surface area contributed by atoms with Gasteiger partial charge in [-0.1, -0.05) is 26.7 Å². The monoisotopic (exact) mass is 251 g/mol. The predicted molar refractivity (Wildman–Crippen MR) is 67.3 cm³/mol. The molecule has 0 saturated heterocycles. The first-order valence-corrected chi connectivity index (χ1v) is 6.52. The summed E-state index contributed by atoms with van der Waals surface area (Å²) in [4.78, 5) is 23.0. The van der Waals surface area contributed by atoms with Gasteiger partial charge in [0.25, 0.3) is 0 Å². The number of carbonyl (C=O) groups excluding carboxylic acids is 2. The molecule has 0 bridgehead atoms. The summed E-state index contributed by atoms with van der Waals surface area (Å²) < 4.78 is 0. The van der Waals surface area contributed by atoms with Crippen LogP contribution in [0.2, 0.25) is 0 Å². The van der Waals surface area contributed by atoms with E-state index >= 15 is 0 Å². The molecule has 1 aliphatic carbocycles. The molecule has 0 aromatic carbocycles. The maximum absolute atomic E-state index is 11.7. The van der Waals surface area contributed by atoms with Gasteiger partial charge < -0.3 is 10.6 Å². The van der Waals surface area contributed by atoms with E-state index in [2.05, 4.69) is 24.5 Å². The summed E-state index contributed by atoms with van der Waals surface area (Å²) in [5, 5.41) is 13.4. The second-order valence-electron chi connectivity index (χ2n) is 5.11. The van der Waals surface area contributed by atoms with Crippen LogP contribution in [0.25, 0.3) is 0 Å². The smallest absolute Gasteiger partial charge is 0.310 e. The van der Waals surface area contributed by atoms with Gasteiger partial charge in [-0.05, 0) is 24.7 Å². The molecule has 0 aromatic heterocycles. The Kier molecular flexibility index (Phi) is 5.63. The Hall–Kier alpha value is -1.57. The summed E-state index contributed by atoms with van der Waals surface area (Å²) in [5.41, 5.74) is 0. The zero-order valence-corrected chi connectivity index (χ0v) is 11.0. The lowest BCUT2D eigenvalue weighted by molar-refractivity contribution is -0.139. The zero-order valence-electron chi connectivity index (χ0n) is 11.0. The van der Waals surface area contributed by atoms with Crippen LogP contribution in [0.15, 0.2) is 0 Å². The van der Waals surface area contributed by atoms with Crippen molar-refractivity contribution in [1.29, 1.82) is 5.26 Å². The minimum atomic E-state index is -0.718. The Morgan fingerprint density at radius 1 is 1.28 bits per heavy atom. The highest BCUT2D eigenvalue weighted by Gasteiger charge is 2.29. The van der Waals surface area contributed by atoms with Crippen LogP contribution in [0.5, 0.6) is 0 Å². The van der Waals surface area contributed by atoms with Crippen LogP contribution < -0.4 is 10.6 Å². The van der Waals surface area contributed by atoms with Crippen LogP contribution in [0.1, 0.15) is 39.5 Å². The van der Waals surface area contributed by atoms with Crippen molar-refractivity contribution in [3.05, 3.63) is 0 Å². The van der Waals surface area contributed by atoms with Gasteiger partial charge in [-0.25, -0.2) is 0 Å². The van der Waals surface area contributed by atoms with Crippen LogP contribution in [0, 0.1) is 23.2 Å². The van der Waals surface area contributed by atoms with Gasteiger partial charge in [0.2, 0.25) is 0 Å². The van der Waals surface area contributed by atoms with E-state index in [0.717, 1.165) is 19.3 Å². The van der Waals surface area contributed by atoms with Crippen molar-refractivity contribution >= 4 is 11.8 Å². The minimum absolute atomic E-state index is 0.0825. The fraction of sp³-hybridized carbons (Fsp3) is 0.769. The molecule has 0 heterocycles. The standard InChI is InChI=1S/C13H21N3O2/c1-9(2)10-5-3-4-6-11(10)16-13(18)12(17)15-8-7-14/h9-11H,3-6,8H2,1-2H3,(H,15,17)(H,16,18). The maximum Gasteiger partial charge on any atom is 0.310 e. The Labute approximate surface area is 108 Å². The number of nitriles is 1. The van der Waals surface area contributed by atoms with Gasteiger partial charge >= 0.3 is 11.8 Å². The molecule has 5 nitrogen and oxygen atoms in total. The highest BCUT2D eigenvalue weighted by Crippen LogP contribution is 2.30. The minimum Gasteiger partial charge on any atom is -0.345 e. The average molecular weight is 251 g/mol. The van der Waals surface area contributed by atoms with Gasteiger partial charge in [0.1, 0.15) is 6.54 Å². The van der Waals surface area contributed by atoms with Gasteiger partial charge in [0, 0.05) is 6.04 Å². The molecule has 100 valence electrons. The van der Waals surface area contributed by atoms with E-state index in [1.165, 1.54) is 6.42 Å². The molecule has 2 amide bonds. The van der Waals surface area contributed by atoms with Crippen molar-refractivity contribution in [3.8, 4) is 6.07 Å². The van der Waals surface area contributed by atoms with Crippen molar-refractivity contribution in [2.24, 2.45) is 11.8 Å². The summed E-state index contributed by atoms with van der Waals surface area (Å²) in [6.45, 7) is 4.15. The van der Waals surface area contributed by atoms with Crippen LogP contribution in [0.4, 0.5) is 0 Å². The summed E-state index contributed by atoms with van der Waals surface area (Å²) in [5.74, 6) is -0.406. The average Bonchev–Trinajstić information content (AvgIpc) is 2.36. The first-order chi connectivity index (χ1) is 8.56. The van der Waals surface area contributed by atoms with E-state index in [9.17, 15) is 9.59 Å². The zero-order chi connectivity index (χ0) is 13.5. The van der Waals surface area contributed by atoms with E-state index in [1.54, 1.807) is 6.07 Å². The summed E-state index contributed by atoms with van der Waals surface area (Å²) in [7, 11) is 0. The SMILES string of the molecule is CC(C)C1CCCCC1NC(=O)C(=O)NCC#N. The number of hydrogen-bond acceptors (Lipinski definition) is 3. The number of amides is 2. The molecule has 1 rings (SSSR count). The summed E-state index contributed by atoms with van der Waals surface area (Å²) >= 11 is 0. The molecular weight excluding hydrogens is 230 g/mol. The van der Waals surface area contributed by atoms with E-state index in [-0.39, 0.29) is 12.6 Å². The van der Waals surface area contributed by atoms with Crippen LogP contribution >= 0.6 is 0 Å². The first kappa shape index (κ1) is 14.5. The van der Waals surface area contributed by atoms with Crippen molar-refractivity contribution < 1.29 is 9.59 Å². The molecule has 0 aliphatic heterocycles. The maximum atomic E-state index is 11.7. The third-order valence-electron chi connectivity index (χ3n) is 3.53. The molecule has 1 fully saturated rings. The Balaban J connectivity index is 2.51. The van der Waals surface area contributed by atoms with E-state index in [1.807, 2.05) is 0 Å². The van der Waals surface area contributed by atoms with Gasteiger partial charge in [-0.15, -0.1) is 0 Å². The second-order valence-corrected chi connectivity index (χ2v) is 5.11. The largest absolute Gasteiger partial charge is 0.345 e. The molecule has 5 heteroatoms. The lowest BCUT2D eigenvalue weighted by Gasteiger charge is -2.34. The third-order valence-corrected chi connectivity index (χ3v) is 3.53. The lowest BCUT2D eigenvalue weighted by Crippen LogP contribution is -2.49. The van der Waals surface area contributed by atoms with Crippen LogP contribution in [-0.4, -0.2) is 24.4 Å². The van der Waals surface area contributed by atoms with E-state index in [4.69, 9.17) is 5.26 Å². The second kappa shape index (κ2) is 7.00. The van der Waals surface area contributed by atoms with Crippen LogP contribution in [0.3, 0.4) is 0 Å². The fourth-order valence-corrected chi connectivity index (χ4v) is 2.57. The molecule has 2 unspecified atom stereocenters. The van der Waals surface area contributed by atoms with Crippen molar-refractivity contribution in [3.63, 3.8) is 0 Å². The topological polar surface area (TPSA) is 82.0 Å². The van der Waals surface area contributed by atoms with Crippen molar-refractivity contribution in [1.82, 2.24) is 10.6 Å². The fourth-order valence-electron chi connectivity index (χ4n) is 2.57. The first-order valence-electron chi connectivity index (χ1n) is 6.52. The van der Waals surface area contributed by atoms with Gasteiger partial charge in [0.15, 0.2) is 0 Å². The Morgan fingerprint density at radius 3 is 2.56 bits per heavy atom. The third kappa shape index (κ3) is 4.02. The number of nitrogens with zero attached hydrogens (tertiary/aromatic N) is 1. The number of hydrogen-bond donors (Lipinski definition) is 2. The highest BCUT2D eigenvalue weighted by molar-refractivity contribution is 6.35. The van der Waals surface area contributed by atoms with Crippen molar-refractivity contribution in [2.75, 3.05) is 6.54 Å². The van der Waals surface area contributed by atoms with Gasteiger partial charge in [0.05, 0.1) is 6.07 Å². The van der Waals surface area contributed by atoms with Gasteiger partial charge in [-0.2, -0.15) is 5.26 Å².